The van der Waals surface area contributed by atoms with Crippen molar-refractivity contribution in [3.8, 4) is 0 Å². The van der Waals surface area contributed by atoms with E-state index in [1.54, 1.807) is 11.9 Å². The number of piperidine rings is 1. The largest absolute Gasteiger partial charge is 0.481 e. The lowest BCUT2D eigenvalue weighted by Crippen LogP contribution is -2.33. The van der Waals surface area contributed by atoms with Crippen LogP contribution in [0.15, 0.2) is 0 Å². The maximum Gasteiger partial charge on any atom is 0.303 e. The van der Waals surface area contributed by atoms with Crippen molar-refractivity contribution in [2.75, 3.05) is 33.7 Å². The number of likely N-dealkylation sites (tertiary alicyclic amines) is 1. The Bertz CT molecular complexity index is 286. The summed E-state index contributed by atoms with van der Waals surface area (Å²) in [5.74, 6) is -0.270. The molecule has 0 unspecified atom stereocenters. The number of carbonyl (C=O) groups excluding carboxylic acids is 1. The molecule has 5 nitrogen and oxygen atoms in total. The summed E-state index contributed by atoms with van der Waals surface area (Å²) in [4.78, 5) is 26.0. The third kappa shape index (κ3) is 5.49. The van der Waals surface area contributed by atoms with Crippen LogP contribution in [0.5, 0.6) is 0 Å². The number of carboxylic acid groups (broad SMARTS) is 1. The van der Waals surface area contributed by atoms with Gasteiger partial charge in [-0.15, -0.1) is 0 Å². The first-order valence-corrected chi connectivity index (χ1v) is 6.63. The maximum atomic E-state index is 11.6. The molecule has 1 aliphatic rings. The molecule has 5 heteroatoms. The number of amides is 1. The molecule has 1 aliphatic heterocycles. The molecule has 0 radical (unpaired) electrons. The molecular weight excluding hydrogens is 232 g/mol. The molecule has 0 aromatic carbocycles. The zero-order valence-electron chi connectivity index (χ0n) is 11.4. The first-order chi connectivity index (χ1) is 8.49. The van der Waals surface area contributed by atoms with Gasteiger partial charge in [0.15, 0.2) is 0 Å². The summed E-state index contributed by atoms with van der Waals surface area (Å²) in [5, 5.41) is 8.53. The van der Waals surface area contributed by atoms with E-state index in [0.717, 1.165) is 26.1 Å². The van der Waals surface area contributed by atoms with E-state index < -0.39 is 5.97 Å². The van der Waals surface area contributed by atoms with Gasteiger partial charge in [-0.05, 0) is 45.3 Å². The molecule has 0 atom stereocenters. The van der Waals surface area contributed by atoms with E-state index >= 15 is 0 Å². The van der Waals surface area contributed by atoms with Crippen LogP contribution >= 0.6 is 0 Å². The van der Waals surface area contributed by atoms with E-state index in [2.05, 4.69) is 11.9 Å². The summed E-state index contributed by atoms with van der Waals surface area (Å²) in [7, 11) is 3.90. The lowest BCUT2D eigenvalue weighted by molar-refractivity contribution is -0.140. The fourth-order valence-electron chi connectivity index (χ4n) is 2.26. The molecule has 1 N–H and O–H groups in total. The molecular formula is C13H24N2O3. The van der Waals surface area contributed by atoms with Crippen LogP contribution in [0.4, 0.5) is 0 Å². The third-order valence-electron chi connectivity index (χ3n) is 3.69. The first-order valence-electron chi connectivity index (χ1n) is 6.63. The second-order valence-corrected chi connectivity index (χ2v) is 5.24. The predicted molar refractivity (Wildman–Crippen MR) is 69.3 cm³/mol. The van der Waals surface area contributed by atoms with Crippen LogP contribution in [0.2, 0.25) is 0 Å². The van der Waals surface area contributed by atoms with Crippen molar-refractivity contribution in [1.29, 1.82) is 0 Å². The molecule has 0 aromatic heterocycles. The van der Waals surface area contributed by atoms with Gasteiger partial charge in [0.05, 0.1) is 6.42 Å². The Labute approximate surface area is 109 Å². The fourth-order valence-corrected chi connectivity index (χ4v) is 2.26. The lowest BCUT2D eigenvalue weighted by atomic mass is 9.93. The average molecular weight is 256 g/mol. The Morgan fingerprint density at radius 3 is 2.44 bits per heavy atom. The highest BCUT2D eigenvalue weighted by Gasteiger charge is 2.18. The molecule has 1 amide bonds. The van der Waals surface area contributed by atoms with E-state index in [1.807, 2.05) is 0 Å². The summed E-state index contributed by atoms with van der Waals surface area (Å²) in [6.07, 6.45) is 3.47. The van der Waals surface area contributed by atoms with Crippen LogP contribution in [-0.2, 0) is 9.59 Å². The molecule has 0 saturated carbocycles. The highest BCUT2D eigenvalue weighted by molar-refractivity contribution is 5.80. The van der Waals surface area contributed by atoms with Gasteiger partial charge < -0.3 is 14.9 Å². The van der Waals surface area contributed by atoms with Crippen molar-refractivity contribution >= 4 is 11.9 Å². The molecule has 104 valence electrons. The molecule has 18 heavy (non-hydrogen) atoms. The molecule has 0 aromatic rings. The van der Waals surface area contributed by atoms with Crippen molar-refractivity contribution in [1.82, 2.24) is 9.80 Å². The van der Waals surface area contributed by atoms with Gasteiger partial charge in [-0.2, -0.15) is 0 Å². The number of carboxylic acids is 1. The van der Waals surface area contributed by atoms with Crippen LogP contribution in [0.25, 0.3) is 0 Å². The summed E-state index contributed by atoms with van der Waals surface area (Å²) in [5.41, 5.74) is 0. The molecule has 0 bridgehead atoms. The second-order valence-electron chi connectivity index (χ2n) is 5.24. The van der Waals surface area contributed by atoms with E-state index in [9.17, 15) is 9.59 Å². The summed E-state index contributed by atoms with van der Waals surface area (Å²) < 4.78 is 0. The third-order valence-corrected chi connectivity index (χ3v) is 3.69. The zero-order valence-corrected chi connectivity index (χ0v) is 11.4. The minimum atomic E-state index is -0.910. The number of hydrogen-bond donors (Lipinski definition) is 1. The molecule has 0 aliphatic carbocycles. The van der Waals surface area contributed by atoms with Gasteiger partial charge in [0.2, 0.25) is 5.91 Å². The minimum Gasteiger partial charge on any atom is -0.481 e. The zero-order chi connectivity index (χ0) is 13.5. The molecule has 1 fully saturated rings. The quantitative estimate of drug-likeness (QED) is 0.771. The van der Waals surface area contributed by atoms with Crippen molar-refractivity contribution in [2.24, 2.45) is 5.92 Å². The van der Waals surface area contributed by atoms with Crippen molar-refractivity contribution in [2.45, 2.75) is 32.1 Å². The minimum absolute atomic E-state index is 0.0645. The van der Waals surface area contributed by atoms with E-state index in [-0.39, 0.29) is 18.7 Å². The Kier molecular flexibility index (Phi) is 6.12. The first kappa shape index (κ1) is 15.0. The number of hydrogen-bond acceptors (Lipinski definition) is 3. The number of nitrogens with zero attached hydrogens (tertiary/aromatic N) is 2. The summed E-state index contributed by atoms with van der Waals surface area (Å²) in [6, 6.07) is 0. The molecule has 1 saturated heterocycles. The summed E-state index contributed by atoms with van der Waals surface area (Å²) in [6.45, 7) is 3.02. The van der Waals surface area contributed by atoms with Gasteiger partial charge in [-0.1, -0.05) is 0 Å². The SMILES string of the molecule is CN1CCC(CCN(C)C(=O)CCC(=O)O)CC1. The van der Waals surface area contributed by atoms with Crippen LogP contribution in [-0.4, -0.2) is 60.5 Å². The molecule has 0 spiro atoms. The van der Waals surface area contributed by atoms with Crippen LogP contribution in [0.1, 0.15) is 32.1 Å². The van der Waals surface area contributed by atoms with Crippen molar-refractivity contribution in [3.63, 3.8) is 0 Å². The smallest absolute Gasteiger partial charge is 0.303 e. The summed E-state index contributed by atoms with van der Waals surface area (Å²) >= 11 is 0. The second kappa shape index (κ2) is 7.36. The van der Waals surface area contributed by atoms with Crippen molar-refractivity contribution < 1.29 is 14.7 Å². The normalized spacial score (nSPS) is 17.7. The van der Waals surface area contributed by atoms with Crippen LogP contribution in [0.3, 0.4) is 0 Å². The predicted octanol–water partition coefficient (Wildman–Crippen LogP) is 1.04. The van der Waals surface area contributed by atoms with Gasteiger partial charge in [-0.25, -0.2) is 0 Å². The van der Waals surface area contributed by atoms with Crippen LogP contribution < -0.4 is 0 Å². The topological polar surface area (TPSA) is 60.9 Å². The van der Waals surface area contributed by atoms with E-state index in [4.69, 9.17) is 5.11 Å². The molecule has 1 rings (SSSR count). The van der Waals surface area contributed by atoms with E-state index in [0.29, 0.717) is 5.92 Å². The average Bonchev–Trinajstić information content (AvgIpc) is 2.34. The highest BCUT2D eigenvalue weighted by Crippen LogP contribution is 2.19. The van der Waals surface area contributed by atoms with Gasteiger partial charge in [-0.3, -0.25) is 9.59 Å². The fraction of sp³-hybridized carbons (Fsp3) is 0.846. The maximum absolute atomic E-state index is 11.6. The van der Waals surface area contributed by atoms with Gasteiger partial charge in [0.1, 0.15) is 0 Å². The van der Waals surface area contributed by atoms with Gasteiger partial charge in [0.25, 0.3) is 0 Å². The van der Waals surface area contributed by atoms with Crippen molar-refractivity contribution in [3.05, 3.63) is 0 Å². The lowest BCUT2D eigenvalue weighted by Gasteiger charge is -2.30. The standard InChI is InChI=1S/C13H24N2O3/c1-14-8-5-11(6-9-14)7-10-15(2)12(16)3-4-13(17)18/h11H,3-10H2,1-2H3,(H,17,18). The molecule has 1 heterocycles. The Morgan fingerprint density at radius 1 is 1.28 bits per heavy atom. The van der Waals surface area contributed by atoms with Gasteiger partial charge in [0, 0.05) is 20.0 Å². The monoisotopic (exact) mass is 256 g/mol. The Balaban J connectivity index is 2.17. The number of aliphatic carboxylic acids is 1. The van der Waals surface area contributed by atoms with Gasteiger partial charge >= 0.3 is 5.97 Å². The number of carbonyl (C=O) groups is 2. The Hall–Kier alpha value is -1.10. The Morgan fingerprint density at radius 2 is 1.89 bits per heavy atom. The van der Waals surface area contributed by atoms with E-state index in [1.165, 1.54) is 12.8 Å². The highest BCUT2D eigenvalue weighted by atomic mass is 16.4. The number of rotatable bonds is 6. The van der Waals surface area contributed by atoms with Crippen LogP contribution in [0, 0.1) is 5.92 Å².